The van der Waals surface area contributed by atoms with E-state index < -0.39 is 0 Å². The van der Waals surface area contributed by atoms with Crippen LogP contribution in [0.4, 0.5) is 0 Å². The molecule has 0 spiro atoms. The fourth-order valence-corrected chi connectivity index (χ4v) is 3.37. The minimum absolute atomic E-state index is 0.183. The van der Waals surface area contributed by atoms with Crippen LogP contribution in [0.5, 0.6) is 23.0 Å². The lowest BCUT2D eigenvalue weighted by atomic mass is 10.1. The fraction of sp³-hybridized carbons (Fsp3) is 0.217. The van der Waals surface area contributed by atoms with Crippen molar-refractivity contribution in [3.05, 3.63) is 78.9 Å². The molecule has 154 valence electrons. The Balaban J connectivity index is 0.000000253. The molecule has 0 fully saturated rings. The highest BCUT2D eigenvalue weighted by molar-refractivity contribution is 14.1. The maximum Gasteiger partial charge on any atom is 0.161 e. The Labute approximate surface area is 199 Å². The number of halogens is 2. The summed E-state index contributed by atoms with van der Waals surface area (Å²) in [6.45, 7) is 2.71. The van der Waals surface area contributed by atoms with Crippen LogP contribution < -0.4 is 14.2 Å². The normalized spacial score (nSPS) is 9.97. The molecule has 3 aromatic rings. The molecule has 4 nitrogen and oxygen atoms in total. The van der Waals surface area contributed by atoms with Crippen LogP contribution in [0.2, 0.25) is 0 Å². The van der Waals surface area contributed by atoms with Gasteiger partial charge >= 0.3 is 0 Å². The van der Waals surface area contributed by atoms with E-state index in [4.69, 9.17) is 19.3 Å². The number of hydrogen-bond acceptors (Lipinski definition) is 4. The zero-order valence-electron chi connectivity index (χ0n) is 16.6. The molecule has 0 radical (unpaired) electrons. The largest absolute Gasteiger partial charge is 0.504 e. The molecule has 0 saturated heterocycles. The third-order valence-electron chi connectivity index (χ3n) is 4.09. The third-order valence-corrected chi connectivity index (χ3v) is 5.43. The van der Waals surface area contributed by atoms with E-state index in [1.54, 1.807) is 19.2 Å². The van der Waals surface area contributed by atoms with Crippen LogP contribution in [-0.2, 0) is 13.0 Å². The van der Waals surface area contributed by atoms with E-state index in [9.17, 15) is 0 Å². The molecule has 0 bridgehead atoms. The van der Waals surface area contributed by atoms with Crippen LogP contribution in [-0.4, -0.2) is 19.3 Å². The van der Waals surface area contributed by atoms with Gasteiger partial charge in [-0.05, 0) is 99.1 Å². The molecule has 0 atom stereocenters. The van der Waals surface area contributed by atoms with Crippen LogP contribution in [0.25, 0.3) is 0 Å². The second kappa shape index (κ2) is 12.1. The van der Waals surface area contributed by atoms with Gasteiger partial charge < -0.3 is 19.3 Å². The van der Waals surface area contributed by atoms with Crippen molar-refractivity contribution in [2.45, 2.75) is 20.0 Å². The molecule has 1 N–H and O–H groups in total. The lowest BCUT2D eigenvalue weighted by molar-refractivity contribution is 0.284. The van der Waals surface area contributed by atoms with Gasteiger partial charge in [-0.2, -0.15) is 0 Å². The Morgan fingerprint density at radius 1 is 0.724 bits per heavy atom. The number of rotatable bonds is 6. The standard InChI is InChI=1S/C16H17IO2.C7H7IO2/c1-3-12-4-6-13(7-5-12)11-19-15-9-8-14(17)10-16(15)18-2;1-10-7-4-5(8)2-3-6(7)9/h4-10H,3,11H2,1-2H3;2-4,9H,1H3. The summed E-state index contributed by atoms with van der Waals surface area (Å²) in [4.78, 5) is 0. The zero-order valence-corrected chi connectivity index (χ0v) is 20.9. The van der Waals surface area contributed by atoms with Gasteiger partial charge in [-0.1, -0.05) is 31.2 Å². The Kier molecular flexibility index (Phi) is 9.86. The summed E-state index contributed by atoms with van der Waals surface area (Å²) in [6, 6.07) is 19.6. The highest BCUT2D eigenvalue weighted by atomic mass is 127. The molecule has 0 unspecified atom stereocenters. The van der Waals surface area contributed by atoms with Gasteiger partial charge in [0.15, 0.2) is 23.0 Å². The number of ether oxygens (including phenoxy) is 3. The highest BCUT2D eigenvalue weighted by Crippen LogP contribution is 2.29. The average molecular weight is 618 g/mol. The number of methoxy groups -OCH3 is 2. The van der Waals surface area contributed by atoms with Crippen molar-refractivity contribution < 1.29 is 19.3 Å². The monoisotopic (exact) mass is 618 g/mol. The SMILES string of the molecule is CCc1ccc(COc2ccc(I)cc2OC)cc1.COc1cc(I)ccc1O. The molecule has 0 aliphatic heterocycles. The first-order valence-electron chi connectivity index (χ1n) is 9.03. The summed E-state index contributed by atoms with van der Waals surface area (Å²) >= 11 is 4.41. The van der Waals surface area contributed by atoms with Crippen LogP contribution >= 0.6 is 45.2 Å². The van der Waals surface area contributed by atoms with E-state index in [0.29, 0.717) is 12.4 Å². The minimum atomic E-state index is 0.183. The topological polar surface area (TPSA) is 47.9 Å². The minimum Gasteiger partial charge on any atom is -0.504 e. The quantitative estimate of drug-likeness (QED) is 0.323. The summed E-state index contributed by atoms with van der Waals surface area (Å²) in [5.41, 5.74) is 2.51. The molecular formula is C23H24I2O4. The molecular weight excluding hydrogens is 594 g/mol. The van der Waals surface area contributed by atoms with Crippen molar-refractivity contribution in [2.24, 2.45) is 0 Å². The van der Waals surface area contributed by atoms with Gasteiger partial charge in [0.1, 0.15) is 6.61 Å². The first-order valence-corrected chi connectivity index (χ1v) is 11.2. The second-order valence-electron chi connectivity index (χ2n) is 6.07. The number of phenols is 1. The Morgan fingerprint density at radius 3 is 1.83 bits per heavy atom. The fourth-order valence-electron chi connectivity index (χ4n) is 2.44. The molecule has 6 heteroatoms. The molecule has 0 amide bonds. The van der Waals surface area contributed by atoms with Gasteiger partial charge in [-0.3, -0.25) is 0 Å². The predicted octanol–water partition coefficient (Wildman–Crippen LogP) is 6.45. The summed E-state index contributed by atoms with van der Waals surface area (Å²) < 4.78 is 18.2. The lowest BCUT2D eigenvalue weighted by Gasteiger charge is -2.11. The molecule has 3 rings (SSSR count). The van der Waals surface area contributed by atoms with E-state index in [-0.39, 0.29) is 5.75 Å². The average Bonchev–Trinajstić information content (AvgIpc) is 2.75. The van der Waals surface area contributed by atoms with Crippen LogP contribution in [0.15, 0.2) is 60.7 Å². The molecule has 0 heterocycles. The smallest absolute Gasteiger partial charge is 0.161 e. The van der Waals surface area contributed by atoms with Gasteiger partial charge in [-0.25, -0.2) is 0 Å². The van der Waals surface area contributed by atoms with Crippen molar-refractivity contribution >= 4 is 45.2 Å². The first kappa shape index (κ1) is 23.6. The number of benzene rings is 3. The van der Waals surface area contributed by atoms with Crippen molar-refractivity contribution in [3.63, 3.8) is 0 Å². The maximum absolute atomic E-state index is 9.11. The van der Waals surface area contributed by atoms with Crippen molar-refractivity contribution in [3.8, 4) is 23.0 Å². The molecule has 3 aromatic carbocycles. The number of phenolic OH excluding ortho intramolecular Hbond substituents is 1. The molecule has 0 aliphatic rings. The molecule has 0 aliphatic carbocycles. The van der Waals surface area contributed by atoms with Gasteiger partial charge in [0.25, 0.3) is 0 Å². The van der Waals surface area contributed by atoms with E-state index >= 15 is 0 Å². The second-order valence-corrected chi connectivity index (χ2v) is 8.56. The van der Waals surface area contributed by atoms with Crippen molar-refractivity contribution in [1.29, 1.82) is 0 Å². The van der Waals surface area contributed by atoms with E-state index in [2.05, 4.69) is 76.4 Å². The van der Waals surface area contributed by atoms with E-state index in [0.717, 1.165) is 30.6 Å². The number of aryl methyl sites for hydroxylation is 1. The highest BCUT2D eigenvalue weighted by Gasteiger charge is 2.05. The predicted molar refractivity (Wildman–Crippen MR) is 133 cm³/mol. The molecule has 0 saturated carbocycles. The first-order chi connectivity index (χ1) is 14.0. The van der Waals surface area contributed by atoms with Crippen LogP contribution in [0.3, 0.4) is 0 Å². The molecule has 29 heavy (non-hydrogen) atoms. The zero-order chi connectivity index (χ0) is 21.2. The summed E-state index contributed by atoms with van der Waals surface area (Å²) in [6.07, 6.45) is 1.06. The van der Waals surface area contributed by atoms with Gasteiger partial charge in [0.05, 0.1) is 14.2 Å². The van der Waals surface area contributed by atoms with Crippen molar-refractivity contribution in [1.82, 2.24) is 0 Å². The Hall–Kier alpha value is -1.68. The van der Waals surface area contributed by atoms with Crippen molar-refractivity contribution in [2.75, 3.05) is 14.2 Å². The summed E-state index contributed by atoms with van der Waals surface area (Å²) in [5, 5.41) is 9.11. The third kappa shape index (κ3) is 7.58. The summed E-state index contributed by atoms with van der Waals surface area (Å²) in [5.74, 6) is 2.26. The maximum atomic E-state index is 9.11. The Morgan fingerprint density at radius 2 is 1.28 bits per heavy atom. The van der Waals surface area contributed by atoms with E-state index in [1.165, 1.54) is 12.7 Å². The number of aromatic hydroxyl groups is 1. The molecule has 0 aromatic heterocycles. The Bertz CT molecular complexity index is 911. The lowest BCUT2D eigenvalue weighted by Crippen LogP contribution is -1.98. The van der Waals surface area contributed by atoms with Crippen LogP contribution in [0.1, 0.15) is 18.1 Å². The summed E-state index contributed by atoms with van der Waals surface area (Å²) in [7, 11) is 3.19. The van der Waals surface area contributed by atoms with Gasteiger partial charge in [0.2, 0.25) is 0 Å². The number of hydrogen-bond donors (Lipinski definition) is 1. The van der Waals surface area contributed by atoms with Gasteiger partial charge in [-0.15, -0.1) is 0 Å². The van der Waals surface area contributed by atoms with Crippen LogP contribution in [0, 0.1) is 7.14 Å². The van der Waals surface area contributed by atoms with Gasteiger partial charge in [0, 0.05) is 7.14 Å². The van der Waals surface area contributed by atoms with E-state index in [1.807, 2.05) is 24.3 Å².